The number of hydrogen-bond acceptors (Lipinski definition) is 2. The van der Waals surface area contributed by atoms with E-state index in [9.17, 15) is 4.39 Å². The number of rotatable bonds is 0. The summed E-state index contributed by atoms with van der Waals surface area (Å²) in [5, 5.41) is 0. The Kier molecular flexibility index (Phi) is 1.54. The second-order valence-electron chi connectivity index (χ2n) is 3.03. The summed E-state index contributed by atoms with van der Waals surface area (Å²) in [7, 11) is 0. The molecule has 0 saturated heterocycles. The summed E-state index contributed by atoms with van der Waals surface area (Å²) in [6, 6.07) is 4.23. The van der Waals surface area contributed by atoms with E-state index in [1.807, 2.05) is 6.92 Å². The van der Waals surface area contributed by atoms with Crippen molar-refractivity contribution in [1.29, 1.82) is 0 Å². The lowest BCUT2D eigenvalue weighted by Crippen LogP contribution is -2.21. The summed E-state index contributed by atoms with van der Waals surface area (Å²) < 4.78 is 18.1. The van der Waals surface area contributed by atoms with Gasteiger partial charge in [-0.25, -0.2) is 4.39 Å². The van der Waals surface area contributed by atoms with Crippen molar-refractivity contribution in [1.82, 2.24) is 0 Å². The van der Waals surface area contributed by atoms with Crippen LogP contribution in [0.4, 0.5) is 4.39 Å². The largest absolute Gasteiger partial charge is 0.488 e. The minimum Gasteiger partial charge on any atom is -0.488 e. The third-order valence-corrected chi connectivity index (χ3v) is 2.15. The molecule has 1 aliphatic heterocycles. The maximum Gasteiger partial charge on any atom is 0.124 e. The third-order valence-electron chi connectivity index (χ3n) is 2.15. The van der Waals surface area contributed by atoms with Gasteiger partial charge in [0.05, 0.1) is 6.04 Å². The minimum atomic E-state index is -0.262. The van der Waals surface area contributed by atoms with Gasteiger partial charge in [-0.15, -0.1) is 0 Å². The van der Waals surface area contributed by atoms with Gasteiger partial charge in [0.25, 0.3) is 0 Å². The molecule has 0 saturated carbocycles. The van der Waals surface area contributed by atoms with E-state index in [-0.39, 0.29) is 18.0 Å². The van der Waals surface area contributed by atoms with Crippen LogP contribution in [0.3, 0.4) is 0 Å². The molecule has 1 aliphatic rings. The van der Waals surface area contributed by atoms with Crippen molar-refractivity contribution < 1.29 is 9.13 Å². The highest BCUT2D eigenvalue weighted by molar-refractivity contribution is 5.40. The fourth-order valence-corrected chi connectivity index (χ4v) is 1.41. The molecule has 2 nitrogen and oxygen atoms in total. The van der Waals surface area contributed by atoms with E-state index in [0.717, 1.165) is 5.56 Å². The molecular weight excluding hydrogens is 157 g/mol. The number of halogens is 1. The average Bonchev–Trinajstić information content (AvgIpc) is 2.31. The van der Waals surface area contributed by atoms with Crippen molar-refractivity contribution in [3.8, 4) is 5.75 Å². The lowest BCUT2D eigenvalue weighted by atomic mass is 10.1. The van der Waals surface area contributed by atoms with E-state index in [1.54, 1.807) is 6.07 Å². The molecule has 2 rings (SSSR count). The van der Waals surface area contributed by atoms with Crippen molar-refractivity contribution >= 4 is 0 Å². The molecule has 12 heavy (non-hydrogen) atoms. The molecule has 0 spiro atoms. The Labute approximate surface area is 70.1 Å². The highest BCUT2D eigenvalue weighted by atomic mass is 19.1. The zero-order valence-electron chi connectivity index (χ0n) is 6.75. The van der Waals surface area contributed by atoms with Crippen molar-refractivity contribution in [2.45, 2.75) is 19.1 Å². The van der Waals surface area contributed by atoms with Gasteiger partial charge in [0.1, 0.15) is 17.7 Å². The van der Waals surface area contributed by atoms with Gasteiger partial charge in [-0.3, -0.25) is 0 Å². The fraction of sp³-hybridized carbons (Fsp3) is 0.333. The summed E-state index contributed by atoms with van der Waals surface area (Å²) >= 11 is 0. The normalized spacial score (nSPS) is 26.6. The number of ether oxygens (including phenoxy) is 1. The van der Waals surface area contributed by atoms with E-state index in [4.69, 9.17) is 10.5 Å². The van der Waals surface area contributed by atoms with Crippen LogP contribution in [0.2, 0.25) is 0 Å². The van der Waals surface area contributed by atoms with Crippen LogP contribution in [-0.2, 0) is 0 Å². The van der Waals surface area contributed by atoms with Crippen LogP contribution in [0.1, 0.15) is 18.5 Å². The summed E-state index contributed by atoms with van der Waals surface area (Å²) in [6.07, 6.45) is -0.0539. The summed E-state index contributed by atoms with van der Waals surface area (Å²) in [6.45, 7) is 1.88. The van der Waals surface area contributed by atoms with Crippen LogP contribution < -0.4 is 10.5 Å². The average molecular weight is 167 g/mol. The maximum atomic E-state index is 12.8. The standard InChI is InChI=1S/C9H10FNO/c1-5-9(11)7-4-6(10)2-3-8(7)12-5/h2-5,9H,11H2,1H3/t5-,9-/m1/s1. The van der Waals surface area contributed by atoms with E-state index < -0.39 is 0 Å². The van der Waals surface area contributed by atoms with Crippen LogP contribution in [0, 0.1) is 5.82 Å². The van der Waals surface area contributed by atoms with Crippen molar-refractivity contribution in [2.75, 3.05) is 0 Å². The Morgan fingerprint density at radius 3 is 3.00 bits per heavy atom. The molecule has 0 bridgehead atoms. The van der Waals surface area contributed by atoms with Gasteiger partial charge in [0.15, 0.2) is 0 Å². The van der Waals surface area contributed by atoms with E-state index in [2.05, 4.69) is 0 Å². The summed E-state index contributed by atoms with van der Waals surface area (Å²) in [5.41, 5.74) is 6.53. The molecule has 0 unspecified atom stereocenters. The van der Waals surface area contributed by atoms with Crippen molar-refractivity contribution in [2.24, 2.45) is 5.73 Å². The molecule has 0 fully saturated rings. The highest BCUT2D eigenvalue weighted by Crippen LogP contribution is 2.34. The molecule has 0 aromatic heterocycles. The molecule has 0 aliphatic carbocycles. The molecular formula is C9H10FNO. The smallest absolute Gasteiger partial charge is 0.124 e. The number of benzene rings is 1. The minimum absolute atomic E-state index is 0.0539. The molecule has 1 aromatic carbocycles. The van der Waals surface area contributed by atoms with Gasteiger partial charge in [-0.2, -0.15) is 0 Å². The molecule has 2 N–H and O–H groups in total. The van der Waals surface area contributed by atoms with Gasteiger partial charge in [0, 0.05) is 5.56 Å². The predicted octanol–water partition coefficient (Wildman–Crippen LogP) is 1.61. The SMILES string of the molecule is C[C@H]1Oc2ccc(F)cc2[C@@H]1N. The molecule has 3 heteroatoms. The first kappa shape index (κ1) is 7.55. The van der Waals surface area contributed by atoms with Crippen LogP contribution >= 0.6 is 0 Å². The van der Waals surface area contributed by atoms with E-state index in [1.165, 1.54) is 12.1 Å². The first-order valence-electron chi connectivity index (χ1n) is 3.90. The molecule has 0 amide bonds. The summed E-state index contributed by atoms with van der Waals surface area (Å²) in [4.78, 5) is 0. The lowest BCUT2D eigenvalue weighted by Gasteiger charge is -2.07. The van der Waals surface area contributed by atoms with E-state index >= 15 is 0 Å². The molecule has 0 radical (unpaired) electrons. The van der Waals surface area contributed by atoms with Crippen LogP contribution in [-0.4, -0.2) is 6.10 Å². The Morgan fingerprint density at radius 1 is 1.50 bits per heavy atom. The topological polar surface area (TPSA) is 35.2 Å². The second-order valence-corrected chi connectivity index (χ2v) is 3.03. The fourth-order valence-electron chi connectivity index (χ4n) is 1.41. The Balaban J connectivity index is 2.48. The Morgan fingerprint density at radius 2 is 2.25 bits per heavy atom. The number of fused-ring (bicyclic) bond motifs is 1. The zero-order valence-corrected chi connectivity index (χ0v) is 6.75. The number of hydrogen-bond donors (Lipinski definition) is 1. The van der Waals surface area contributed by atoms with Crippen LogP contribution in [0.15, 0.2) is 18.2 Å². The third kappa shape index (κ3) is 0.975. The molecule has 2 atom stereocenters. The zero-order chi connectivity index (χ0) is 8.72. The molecule has 1 heterocycles. The van der Waals surface area contributed by atoms with Crippen molar-refractivity contribution in [3.05, 3.63) is 29.6 Å². The first-order valence-corrected chi connectivity index (χ1v) is 3.90. The van der Waals surface area contributed by atoms with Gasteiger partial charge < -0.3 is 10.5 Å². The summed E-state index contributed by atoms with van der Waals surface area (Å²) in [5.74, 6) is 0.443. The molecule has 64 valence electrons. The maximum absolute atomic E-state index is 12.8. The molecule has 1 aromatic rings. The second kappa shape index (κ2) is 2.45. The highest BCUT2D eigenvalue weighted by Gasteiger charge is 2.27. The van der Waals surface area contributed by atoms with Crippen LogP contribution in [0.5, 0.6) is 5.75 Å². The lowest BCUT2D eigenvalue weighted by molar-refractivity contribution is 0.228. The van der Waals surface area contributed by atoms with Crippen LogP contribution in [0.25, 0.3) is 0 Å². The van der Waals surface area contributed by atoms with Gasteiger partial charge in [-0.05, 0) is 25.1 Å². The Hall–Kier alpha value is -1.09. The monoisotopic (exact) mass is 167 g/mol. The Bertz CT molecular complexity index is 313. The first-order chi connectivity index (χ1) is 5.68. The number of nitrogens with two attached hydrogens (primary N) is 1. The quantitative estimate of drug-likeness (QED) is 0.637. The van der Waals surface area contributed by atoms with Gasteiger partial charge in [0.2, 0.25) is 0 Å². The van der Waals surface area contributed by atoms with Gasteiger partial charge >= 0.3 is 0 Å². The van der Waals surface area contributed by atoms with Crippen molar-refractivity contribution in [3.63, 3.8) is 0 Å². The van der Waals surface area contributed by atoms with E-state index in [0.29, 0.717) is 5.75 Å². The predicted molar refractivity (Wildman–Crippen MR) is 43.4 cm³/mol. The van der Waals surface area contributed by atoms with Gasteiger partial charge in [-0.1, -0.05) is 0 Å².